The third-order valence-electron chi connectivity index (χ3n) is 5.68. The van der Waals surface area contributed by atoms with Crippen LogP contribution in [0.25, 0.3) is 28.1 Å². The average Bonchev–Trinajstić information content (AvgIpc) is 2.89. The molecule has 0 aliphatic heterocycles. The van der Waals surface area contributed by atoms with Crippen molar-refractivity contribution >= 4 is 29.0 Å². The second-order valence-electron chi connectivity index (χ2n) is 9.74. The smallest absolute Gasteiger partial charge is 0.412 e. The molecule has 0 saturated heterocycles. The van der Waals surface area contributed by atoms with Crippen LogP contribution in [-0.2, 0) is 25.6 Å². The van der Waals surface area contributed by atoms with Gasteiger partial charge in [-0.15, -0.1) is 0 Å². The fourth-order valence-corrected chi connectivity index (χ4v) is 4.02. The summed E-state index contributed by atoms with van der Waals surface area (Å²) in [6, 6.07) is 11.3. The van der Waals surface area contributed by atoms with Crippen molar-refractivity contribution in [3.05, 3.63) is 58.9 Å². The van der Waals surface area contributed by atoms with Crippen LogP contribution in [0.4, 0.5) is 4.79 Å². The molecule has 0 spiro atoms. The second-order valence-corrected chi connectivity index (χ2v) is 9.74. The van der Waals surface area contributed by atoms with Gasteiger partial charge in [-0.2, -0.15) is 0 Å². The van der Waals surface area contributed by atoms with Crippen molar-refractivity contribution in [3.8, 4) is 22.6 Å². The van der Waals surface area contributed by atoms with E-state index in [-0.39, 0.29) is 5.70 Å². The lowest BCUT2D eigenvalue weighted by molar-refractivity contribution is -0.136. The van der Waals surface area contributed by atoms with Gasteiger partial charge in [0.05, 0.1) is 39.0 Å². The molecule has 0 unspecified atom stereocenters. The number of amides is 1. The fourth-order valence-electron chi connectivity index (χ4n) is 4.02. The molecule has 0 radical (unpaired) electrons. The molecular formula is C30H36N2O7. The van der Waals surface area contributed by atoms with Crippen molar-refractivity contribution in [2.45, 2.75) is 46.8 Å². The Kier molecular flexibility index (Phi) is 9.53. The Morgan fingerprint density at radius 2 is 1.67 bits per heavy atom. The van der Waals surface area contributed by atoms with Gasteiger partial charge in [0.15, 0.2) is 0 Å². The van der Waals surface area contributed by atoms with Gasteiger partial charge in [-0.1, -0.05) is 18.2 Å². The van der Waals surface area contributed by atoms with Crippen molar-refractivity contribution < 1.29 is 33.3 Å². The topological polar surface area (TPSA) is 105 Å². The number of methoxy groups -OCH3 is 3. The summed E-state index contributed by atoms with van der Waals surface area (Å²) in [4.78, 5) is 29.8. The van der Waals surface area contributed by atoms with Crippen LogP contribution < -0.4 is 14.8 Å². The number of hydrogen-bond acceptors (Lipinski definition) is 8. The molecule has 1 aromatic heterocycles. The summed E-state index contributed by atoms with van der Waals surface area (Å²) in [5, 5.41) is 3.25. The first-order valence-electron chi connectivity index (χ1n) is 12.5. The quantitative estimate of drug-likeness (QED) is 0.270. The predicted octanol–water partition coefficient (Wildman–Crippen LogP) is 5.80. The van der Waals surface area contributed by atoms with Gasteiger partial charge in [-0.05, 0) is 70.0 Å². The van der Waals surface area contributed by atoms with Crippen LogP contribution in [0.5, 0.6) is 11.5 Å². The Bertz CT molecular complexity index is 1370. The number of carbonyl (C=O) groups excluding carboxylic acids is 2. The minimum atomic E-state index is -0.768. The van der Waals surface area contributed by atoms with E-state index in [9.17, 15) is 9.59 Å². The number of aryl methyl sites for hydroxylation is 1. The number of nitrogens with one attached hydrogen (secondary N) is 1. The van der Waals surface area contributed by atoms with E-state index in [4.69, 9.17) is 28.7 Å². The van der Waals surface area contributed by atoms with Gasteiger partial charge in [0, 0.05) is 23.3 Å². The number of ether oxygens (including phenoxy) is 5. The Labute approximate surface area is 229 Å². The lowest BCUT2D eigenvalue weighted by atomic mass is 9.95. The van der Waals surface area contributed by atoms with E-state index in [1.165, 1.54) is 7.11 Å². The van der Waals surface area contributed by atoms with Crippen molar-refractivity contribution in [3.63, 3.8) is 0 Å². The van der Waals surface area contributed by atoms with Crippen LogP contribution in [0.2, 0.25) is 0 Å². The van der Waals surface area contributed by atoms with Crippen LogP contribution in [0.3, 0.4) is 0 Å². The Balaban J connectivity index is 2.21. The van der Waals surface area contributed by atoms with Gasteiger partial charge < -0.3 is 23.7 Å². The molecule has 3 aromatic rings. The summed E-state index contributed by atoms with van der Waals surface area (Å²) in [7, 11) is 4.45. The van der Waals surface area contributed by atoms with Crippen molar-refractivity contribution in [2.75, 3.05) is 27.9 Å². The van der Waals surface area contributed by atoms with E-state index in [0.29, 0.717) is 35.8 Å². The number of carbonyl (C=O) groups is 2. The summed E-state index contributed by atoms with van der Waals surface area (Å²) in [5.41, 5.74) is 3.73. The normalized spacial score (nSPS) is 11.7. The van der Waals surface area contributed by atoms with Gasteiger partial charge in [-0.25, -0.2) is 9.59 Å². The van der Waals surface area contributed by atoms with Crippen LogP contribution in [0.1, 0.15) is 44.5 Å². The van der Waals surface area contributed by atoms with E-state index in [2.05, 4.69) is 5.32 Å². The highest BCUT2D eigenvalue weighted by atomic mass is 16.6. The van der Waals surface area contributed by atoms with Crippen LogP contribution in [0, 0.1) is 6.92 Å². The fraction of sp³-hybridized carbons (Fsp3) is 0.367. The first-order chi connectivity index (χ1) is 18.5. The molecule has 0 saturated carbocycles. The highest BCUT2D eigenvalue weighted by Gasteiger charge is 2.22. The predicted molar refractivity (Wildman–Crippen MR) is 150 cm³/mol. The van der Waals surface area contributed by atoms with Crippen molar-refractivity contribution in [2.24, 2.45) is 0 Å². The van der Waals surface area contributed by atoms with Crippen molar-refractivity contribution in [1.29, 1.82) is 0 Å². The molecular weight excluding hydrogens is 500 g/mol. The van der Waals surface area contributed by atoms with Crippen LogP contribution in [0.15, 0.2) is 42.1 Å². The van der Waals surface area contributed by atoms with E-state index in [1.54, 1.807) is 41.1 Å². The molecule has 9 nitrogen and oxygen atoms in total. The molecule has 9 heteroatoms. The lowest BCUT2D eigenvalue weighted by Crippen LogP contribution is -2.34. The minimum Gasteiger partial charge on any atom is -0.496 e. The number of esters is 1. The zero-order valence-corrected chi connectivity index (χ0v) is 23.8. The van der Waals surface area contributed by atoms with E-state index in [0.717, 1.165) is 27.8 Å². The molecule has 0 atom stereocenters. The maximum Gasteiger partial charge on any atom is 0.412 e. The standard InChI is InChI=1S/C30H36N2O7/c1-9-38-17-19-14-24(35-6)26(25(15-19)36-7)22-13-11-20(21-12-10-18(2)31-27(21)22)16-23(28(33)37-8)32-29(34)39-30(3,4)5/h10-16H,9,17H2,1-8H3,(H,32,34)/b23-16+. The average molecular weight is 537 g/mol. The Morgan fingerprint density at radius 1 is 1.00 bits per heavy atom. The Morgan fingerprint density at radius 3 is 2.23 bits per heavy atom. The van der Waals surface area contributed by atoms with Crippen LogP contribution >= 0.6 is 0 Å². The summed E-state index contributed by atoms with van der Waals surface area (Å²) < 4.78 is 27.3. The summed E-state index contributed by atoms with van der Waals surface area (Å²) in [5.74, 6) is 0.504. The minimum absolute atomic E-state index is 0.0724. The van der Waals surface area contributed by atoms with E-state index in [1.807, 2.05) is 50.2 Å². The first-order valence-corrected chi connectivity index (χ1v) is 12.5. The highest BCUT2D eigenvalue weighted by molar-refractivity contribution is 6.04. The van der Waals surface area contributed by atoms with E-state index >= 15 is 0 Å². The number of rotatable bonds is 9. The number of hydrogen-bond donors (Lipinski definition) is 1. The zero-order valence-electron chi connectivity index (χ0n) is 23.8. The molecule has 1 heterocycles. The van der Waals surface area contributed by atoms with Gasteiger partial charge in [0.1, 0.15) is 22.8 Å². The van der Waals surface area contributed by atoms with Crippen molar-refractivity contribution in [1.82, 2.24) is 10.3 Å². The van der Waals surface area contributed by atoms with Gasteiger partial charge in [-0.3, -0.25) is 10.3 Å². The Hall–Kier alpha value is -4.11. The second kappa shape index (κ2) is 12.6. The first kappa shape index (κ1) is 29.4. The summed E-state index contributed by atoms with van der Waals surface area (Å²) in [6.07, 6.45) is 0.772. The van der Waals surface area contributed by atoms with Gasteiger partial charge >= 0.3 is 12.1 Å². The number of alkyl carbamates (subject to hydrolysis) is 1. The number of aromatic nitrogens is 1. The lowest BCUT2D eigenvalue weighted by Gasteiger charge is -2.20. The SMILES string of the molecule is CCOCc1cc(OC)c(-c2ccc(/C=C(/NC(=O)OC(C)(C)C)C(=O)OC)c3ccc(C)nc23)c(OC)c1. The molecule has 1 N–H and O–H groups in total. The number of benzene rings is 2. The third-order valence-corrected chi connectivity index (χ3v) is 5.68. The molecule has 0 aliphatic carbocycles. The van der Waals surface area contributed by atoms with Crippen LogP contribution in [-0.4, -0.2) is 50.6 Å². The summed E-state index contributed by atoms with van der Waals surface area (Å²) >= 11 is 0. The number of nitrogens with zero attached hydrogens (tertiary/aromatic N) is 1. The van der Waals surface area contributed by atoms with Gasteiger partial charge in [0.2, 0.25) is 0 Å². The maximum atomic E-state index is 12.6. The molecule has 0 fully saturated rings. The maximum absolute atomic E-state index is 12.6. The molecule has 208 valence electrons. The zero-order chi connectivity index (χ0) is 28.7. The number of pyridine rings is 1. The monoisotopic (exact) mass is 536 g/mol. The van der Waals surface area contributed by atoms with E-state index < -0.39 is 17.7 Å². The summed E-state index contributed by atoms with van der Waals surface area (Å²) in [6.45, 7) is 10.1. The largest absolute Gasteiger partial charge is 0.496 e. The highest BCUT2D eigenvalue weighted by Crippen LogP contribution is 2.43. The molecule has 0 bridgehead atoms. The molecule has 3 rings (SSSR count). The molecule has 39 heavy (non-hydrogen) atoms. The molecule has 0 aliphatic rings. The number of fused-ring (bicyclic) bond motifs is 1. The third kappa shape index (κ3) is 7.26. The molecule has 1 amide bonds. The van der Waals surface area contributed by atoms with Gasteiger partial charge in [0.25, 0.3) is 0 Å². The molecule has 2 aromatic carbocycles.